The molecule has 0 aliphatic carbocycles. The van der Waals surface area contributed by atoms with Crippen molar-refractivity contribution in [3.05, 3.63) is 89.7 Å². The van der Waals surface area contributed by atoms with E-state index in [-0.39, 0.29) is 10.7 Å². The van der Waals surface area contributed by atoms with Crippen molar-refractivity contribution in [2.24, 2.45) is 5.10 Å². The molecule has 31 heavy (non-hydrogen) atoms. The van der Waals surface area contributed by atoms with Crippen molar-refractivity contribution < 1.29 is 22.3 Å². The summed E-state index contributed by atoms with van der Waals surface area (Å²) in [5.41, 5.74) is 3.58. The molecule has 0 aliphatic heterocycles. The fourth-order valence-corrected chi connectivity index (χ4v) is 3.62. The Hall–Kier alpha value is -3.72. The van der Waals surface area contributed by atoms with Gasteiger partial charge in [-0.05, 0) is 73.2 Å². The van der Waals surface area contributed by atoms with E-state index in [0.29, 0.717) is 29.2 Å². The summed E-state index contributed by atoms with van der Waals surface area (Å²) < 4.78 is 45.7. The smallest absolute Gasteiger partial charge is 0.271 e. The van der Waals surface area contributed by atoms with Crippen molar-refractivity contribution >= 4 is 27.8 Å². The average molecular weight is 441 g/mol. The third kappa shape index (κ3) is 6.13. The van der Waals surface area contributed by atoms with E-state index in [2.05, 4.69) is 15.2 Å². The Bertz CT molecular complexity index is 1160. The maximum absolute atomic E-state index is 12.9. The van der Waals surface area contributed by atoms with E-state index < -0.39 is 15.9 Å². The van der Waals surface area contributed by atoms with Gasteiger partial charge in [0.25, 0.3) is 15.9 Å². The average Bonchev–Trinajstić information content (AvgIpc) is 2.76. The third-order valence-corrected chi connectivity index (χ3v) is 5.49. The number of nitrogens with one attached hydrogen (secondary N) is 2. The zero-order valence-corrected chi connectivity index (χ0v) is 17.4. The third-order valence-electron chi connectivity index (χ3n) is 4.09. The lowest BCUT2D eigenvalue weighted by molar-refractivity contribution is 0.0955. The Balaban J connectivity index is 1.61. The Morgan fingerprint density at radius 1 is 1.00 bits per heavy atom. The highest BCUT2D eigenvalue weighted by Gasteiger charge is 2.14. The molecule has 9 heteroatoms. The number of sulfonamides is 1. The SMILES string of the molecule is CCOc1ccc(S(=O)(=O)Nc2ccc(C(=O)N/N=C/c3ccc(F)cc3)cc2)cc1. The summed E-state index contributed by atoms with van der Waals surface area (Å²) in [6.45, 7) is 2.33. The number of hydrogen-bond donors (Lipinski definition) is 2. The number of ether oxygens (including phenoxy) is 1. The minimum Gasteiger partial charge on any atom is -0.494 e. The van der Waals surface area contributed by atoms with Crippen molar-refractivity contribution in [1.82, 2.24) is 5.43 Å². The molecule has 0 aliphatic rings. The molecule has 0 radical (unpaired) electrons. The molecular formula is C22H20FN3O4S. The molecule has 0 atom stereocenters. The molecule has 0 unspecified atom stereocenters. The Morgan fingerprint density at radius 3 is 2.26 bits per heavy atom. The van der Waals surface area contributed by atoms with Crippen molar-refractivity contribution in [3.63, 3.8) is 0 Å². The largest absolute Gasteiger partial charge is 0.494 e. The molecule has 1 amide bonds. The lowest BCUT2D eigenvalue weighted by Crippen LogP contribution is -2.18. The molecule has 0 aromatic heterocycles. The summed E-state index contributed by atoms with van der Waals surface area (Å²) in [7, 11) is -3.78. The maximum atomic E-state index is 12.9. The summed E-state index contributed by atoms with van der Waals surface area (Å²) in [5, 5.41) is 3.82. The van der Waals surface area contributed by atoms with Gasteiger partial charge in [0.15, 0.2) is 0 Å². The zero-order chi connectivity index (χ0) is 22.3. The Labute approximate surface area is 179 Å². The number of anilines is 1. The molecule has 0 heterocycles. The molecular weight excluding hydrogens is 421 g/mol. The molecule has 3 aromatic carbocycles. The first-order valence-electron chi connectivity index (χ1n) is 9.32. The van der Waals surface area contributed by atoms with Crippen LogP contribution in [0.2, 0.25) is 0 Å². The van der Waals surface area contributed by atoms with Gasteiger partial charge >= 0.3 is 0 Å². The van der Waals surface area contributed by atoms with E-state index in [0.717, 1.165) is 0 Å². The van der Waals surface area contributed by atoms with Crippen molar-refractivity contribution in [3.8, 4) is 5.75 Å². The van der Waals surface area contributed by atoms with Crippen LogP contribution in [0.1, 0.15) is 22.8 Å². The van der Waals surface area contributed by atoms with Crippen LogP contribution in [0.4, 0.5) is 10.1 Å². The maximum Gasteiger partial charge on any atom is 0.271 e. The number of benzene rings is 3. The van der Waals surface area contributed by atoms with Crippen LogP contribution in [0, 0.1) is 5.82 Å². The first-order chi connectivity index (χ1) is 14.9. The number of carbonyl (C=O) groups excluding carboxylic acids is 1. The van der Waals surface area contributed by atoms with Gasteiger partial charge in [0.2, 0.25) is 0 Å². The summed E-state index contributed by atoms with van der Waals surface area (Å²) in [4.78, 5) is 12.2. The lowest BCUT2D eigenvalue weighted by atomic mass is 10.2. The zero-order valence-electron chi connectivity index (χ0n) is 16.6. The van der Waals surface area contributed by atoms with Gasteiger partial charge in [-0.25, -0.2) is 18.2 Å². The number of halogens is 1. The van der Waals surface area contributed by atoms with Gasteiger partial charge in [-0.3, -0.25) is 9.52 Å². The van der Waals surface area contributed by atoms with E-state index in [1.165, 1.54) is 66.9 Å². The van der Waals surface area contributed by atoms with Crippen LogP contribution in [0.3, 0.4) is 0 Å². The van der Waals surface area contributed by atoms with Crippen molar-refractivity contribution in [2.75, 3.05) is 11.3 Å². The summed E-state index contributed by atoms with van der Waals surface area (Å²) in [5.74, 6) is -0.252. The molecule has 0 bridgehead atoms. The monoisotopic (exact) mass is 441 g/mol. The highest BCUT2D eigenvalue weighted by atomic mass is 32.2. The number of hydrazone groups is 1. The predicted molar refractivity (Wildman–Crippen MR) is 116 cm³/mol. The van der Waals surface area contributed by atoms with Crippen LogP contribution in [0.15, 0.2) is 82.8 Å². The second-order valence-electron chi connectivity index (χ2n) is 6.34. The lowest BCUT2D eigenvalue weighted by Gasteiger charge is -2.09. The van der Waals surface area contributed by atoms with Crippen LogP contribution < -0.4 is 14.9 Å². The van der Waals surface area contributed by atoms with E-state index in [4.69, 9.17) is 4.74 Å². The molecule has 160 valence electrons. The Morgan fingerprint density at radius 2 is 1.65 bits per heavy atom. The van der Waals surface area contributed by atoms with E-state index in [1.54, 1.807) is 12.1 Å². The fourth-order valence-electron chi connectivity index (χ4n) is 2.56. The van der Waals surface area contributed by atoms with Crippen LogP contribution >= 0.6 is 0 Å². The molecule has 0 spiro atoms. The van der Waals surface area contributed by atoms with E-state index in [9.17, 15) is 17.6 Å². The molecule has 3 rings (SSSR count). The normalized spacial score (nSPS) is 11.3. The number of carbonyl (C=O) groups is 1. The number of hydrogen-bond acceptors (Lipinski definition) is 5. The topological polar surface area (TPSA) is 96.9 Å². The predicted octanol–water partition coefficient (Wildman–Crippen LogP) is 3.79. The van der Waals surface area contributed by atoms with Gasteiger partial charge in [0, 0.05) is 11.3 Å². The van der Waals surface area contributed by atoms with Crippen LogP contribution in [0.25, 0.3) is 0 Å². The molecule has 2 N–H and O–H groups in total. The van der Waals surface area contributed by atoms with E-state index >= 15 is 0 Å². The quantitative estimate of drug-likeness (QED) is 0.411. The molecule has 0 saturated heterocycles. The molecule has 7 nitrogen and oxygen atoms in total. The van der Waals surface area contributed by atoms with Crippen molar-refractivity contribution in [2.45, 2.75) is 11.8 Å². The first kappa shape index (κ1) is 22.0. The highest BCUT2D eigenvalue weighted by molar-refractivity contribution is 7.92. The standard InChI is InChI=1S/C22H20FN3O4S/c1-2-30-20-11-13-21(14-12-20)31(28,29)26-19-9-5-17(6-10-19)22(27)25-24-15-16-3-7-18(23)8-4-16/h3-15,26H,2H2,1H3,(H,25,27)/b24-15+. The number of nitrogens with zero attached hydrogens (tertiary/aromatic N) is 1. The second-order valence-corrected chi connectivity index (χ2v) is 8.02. The summed E-state index contributed by atoms with van der Waals surface area (Å²) >= 11 is 0. The van der Waals surface area contributed by atoms with Crippen LogP contribution in [-0.4, -0.2) is 27.1 Å². The van der Waals surface area contributed by atoms with Gasteiger partial charge in [0.1, 0.15) is 11.6 Å². The van der Waals surface area contributed by atoms with Gasteiger partial charge in [0.05, 0.1) is 17.7 Å². The molecule has 0 saturated carbocycles. The second kappa shape index (κ2) is 9.86. The minimum atomic E-state index is -3.78. The molecule has 3 aromatic rings. The van der Waals surface area contributed by atoms with Crippen LogP contribution in [0.5, 0.6) is 5.75 Å². The van der Waals surface area contributed by atoms with E-state index in [1.807, 2.05) is 6.92 Å². The van der Waals surface area contributed by atoms with Crippen molar-refractivity contribution in [1.29, 1.82) is 0 Å². The summed E-state index contributed by atoms with van der Waals surface area (Å²) in [6.07, 6.45) is 1.39. The van der Waals surface area contributed by atoms with Gasteiger partial charge in [-0.2, -0.15) is 5.10 Å². The van der Waals surface area contributed by atoms with Gasteiger partial charge in [-0.1, -0.05) is 12.1 Å². The van der Waals surface area contributed by atoms with Gasteiger partial charge < -0.3 is 4.74 Å². The number of amides is 1. The first-order valence-corrected chi connectivity index (χ1v) is 10.8. The molecule has 0 fully saturated rings. The minimum absolute atomic E-state index is 0.0907. The van der Waals surface area contributed by atoms with Gasteiger partial charge in [-0.15, -0.1) is 0 Å². The van der Waals surface area contributed by atoms with Crippen LogP contribution in [-0.2, 0) is 10.0 Å². The number of rotatable bonds is 8. The fraction of sp³-hybridized carbons (Fsp3) is 0.0909. The summed E-state index contributed by atoms with van der Waals surface area (Å²) in [6, 6.07) is 17.6. The highest BCUT2D eigenvalue weighted by Crippen LogP contribution is 2.19. The Kier molecular flexibility index (Phi) is 6.99.